The minimum atomic E-state index is -3.55. The summed E-state index contributed by atoms with van der Waals surface area (Å²) in [6.45, 7) is 3.17. The van der Waals surface area contributed by atoms with Crippen LogP contribution in [0.25, 0.3) is 0 Å². The third kappa shape index (κ3) is 2.95. The summed E-state index contributed by atoms with van der Waals surface area (Å²) in [6, 6.07) is 0. The molecule has 2 saturated heterocycles. The van der Waals surface area contributed by atoms with Crippen LogP contribution in [0, 0.1) is 0 Å². The summed E-state index contributed by atoms with van der Waals surface area (Å²) in [5, 5.41) is 9.88. The molecular weight excluding hydrogens is 252 g/mol. The predicted octanol–water partition coefficient (Wildman–Crippen LogP) is -0.800. The van der Waals surface area contributed by atoms with E-state index in [1.165, 1.54) is 0 Å². The van der Waals surface area contributed by atoms with Gasteiger partial charge in [-0.15, -0.1) is 0 Å². The first-order chi connectivity index (χ1) is 7.68. The molecule has 0 aromatic carbocycles. The Morgan fingerprint density at radius 3 is 2.53 bits per heavy atom. The van der Waals surface area contributed by atoms with Crippen molar-refractivity contribution in [2.75, 3.05) is 12.9 Å². The van der Waals surface area contributed by atoms with Crippen molar-refractivity contribution >= 4 is 10.1 Å². The summed E-state index contributed by atoms with van der Waals surface area (Å²) in [6.07, 6.45) is -2.10. The molecule has 2 fully saturated rings. The average molecular weight is 268 g/mol. The summed E-state index contributed by atoms with van der Waals surface area (Å²) in [7, 11) is -3.55. The van der Waals surface area contributed by atoms with Gasteiger partial charge in [0, 0.05) is 0 Å². The van der Waals surface area contributed by atoms with E-state index in [-0.39, 0.29) is 6.61 Å². The van der Waals surface area contributed by atoms with Crippen LogP contribution in [-0.2, 0) is 28.5 Å². The van der Waals surface area contributed by atoms with E-state index >= 15 is 0 Å². The lowest BCUT2D eigenvalue weighted by Crippen LogP contribution is -2.37. The van der Waals surface area contributed by atoms with E-state index in [0.29, 0.717) is 0 Å². The average Bonchev–Trinajstić information content (AvgIpc) is 2.57. The van der Waals surface area contributed by atoms with Gasteiger partial charge in [0.15, 0.2) is 12.1 Å². The smallest absolute Gasteiger partial charge is 0.264 e. The zero-order chi connectivity index (χ0) is 12.8. The third-order valence-electron chi connectivity index (χ3n) is 2.56. The first kappa shape index (κ1) is 13.2. The number of aliphatic hydroxyl groups excluding tert-OH is 1. The lowest BCUT2D eigenvalue weighted by atomic mass is 10.1. The number of aliphatic hydroxyl groups is 1. The molecule has 8 heteroatoms. The normalized spacial score (nSPS) is 40.5. The van der Waals surface area contributed by atoms with E-state index in [1.54, 1.807) is 13.8 Å². The topological polar surface area (TPSA) is 91.3 Å². The molecule has 0 amide bonds. The Morgan fingerprint density at radius 2 is 2.00 bits per heavy atom. The minimum Gasteiger partial charge on any atom is -0.387 e. The highest BCUT2D eigenvalue weighted by molar-refractivity contribution is 7.85. The molecule has 2 aliphatic rings. The molecular formula is C9H16O7S. The van der Waals surface area contributed by atoms with E-state index in [0.717, 1.165) is 6.26 Å². The van der Waals surface area contributed by atoms with Crippen molar-refractivity contribution in [3.05, 3.63) is 0 Å². The summed E-state index contributed by atoms with van der Waals surface area (Å²) in [5.74, 6) is -0.807. The largest absolute Gasteiger partial charge is 0.387 e. The fraction of sp³-hybridized carbons (Fsp3) is 1.00. The molecule has 2 rings (SSSR count). The van der Waals surface area contributed by atoms with Crippen LogP contribution in [-0.4, -0.2) is 56.8 Å². The molecule has 0 radical (unpaired) electrons. The third-order valence-corrected chi connectivity index (χ3v) is 3.13. The maximum Gasteiger partial charge on any atom is 0.264 e. The van der Waals surface area contributed by atoms with Gasteiger partial charge in [0.05, 0.1) is 12.9 Å². The highest BCUT2D eigenvalue weighted by Crippen LogP contribution is 2.37. The van der Waals surface area contributed by atoms with Crippen LogP contribution in [0.4, 0.5) is 0 Å². The van der Waals surface area contributed by atoms with Crippen molar-refractivity contribution in [3.63, 3.8) is 0 Å². The number of rotatable bonds is 3. The van der Waals surface area contributed by atoms with Crippen molar-refractivity contribution < 1.29 is 31.9 Å². The fourth-order valence-electron chi connectivity index (χ4n) is 1.89. The van der Waals surface area contributed by atoms with Crippen molar-refractivity contribution in [2.45, 2.75) is 44.2 Å². The molecule has 17 heavy (non-hydrogen) atoms. The van der Waals surface area contributed by atoms with Crippen LogP contribution < -0.4 is 0 Å². The van der Waals surface area contributed by atoms with Gasteiger partial charge in [0.25, 0.3) is 10.1 Å². The SMILES string of the molecule is CC1(C)O[C@H]2O[C@@H](COS(C)(=O)=O)[C@@H](O)[C@H]2O1. The second-order valence-corrected chi connectivity index (χ2v) is 6.27. The van der Waals surface area contributed by atoms with Gasteiger partial charge < -0.3 is 19.3 Å². The molecule has 0 unspecified atom stereocenters. The molecule has 0 saturated carbocycles. The number of ether oxygens (including phenoxy) is 3. The molecule has 0 spiro atoms. The first-order valence-corrected chi connectivity index (χ1v) is 7.03. The molecule has 4 atom stereocenters. The number of hydrogen-bond donors (Lipinski definition) is 1. The fourth-order valence-corrected chi connectivity index (χ4v) is 2.27. The number of fused-ring (bicyclic) bond motifs is 1. The molecule has 2 aliphatic heterocycles. The highest BCUT2D eigenvalue weighted by atomic mass is 32.2. The number of hydrogen-bond acceptors (Lipinski definition) is 7. The van der Waals surface area contributed by atoms with Crippen molar-refractivity contribution in [1.29, 1.82) is 0 Å². The lowest BCUT2D eigenvalue weighted by molar-refractivity contribution is -0.217. The maximum absolute atomic E-state index is 10.8. The Labute approximate surface area is 99.7 Å². The van der Waals surface area contributed by atoms with Crippen LogP contribution in [0.2, 0.25) is 0 Å². The highest BCUT2D eigenvalue weighted by Gasteiger charge is 2.54. The summed E-state index contributed by atoms with van der Waals surface area (Å²) < 4.78 is 42.4. The molecule has 7 nitrogen and oxygen atoms in total. The first-order valence-electron chi connectivity index (χ1n) is 5.21. The molecule has 0 aliphatic carbocycles. The maximum atomic E-state index is 10.8. The van der Waals surface area contributed by atoms with E-state index in [9.17, 15) is 13.5 Å². The van der Waals surface area contributed by atoms with E-state index in [2.05, 4.69) is 4.18 Å². The quantitative estimate of drug-likeness (QED) is 0.670. The van der Waals surface area contributed by atoms with Gasteiger partial charge in [-0.1, -0.05) is 0 Å². The van der Waals surface area contributed by atoms with E-state index < -0.39 is 40.5 Å². The summed E-state index contributed by atoms with van der Waals surface area (Å²) >= 11 is 0. The van der Waals surface area contributed by atoms with Crippen LogP contribution in [0.15, 0.2) is 0 Å². The monoisotopic (exact) mass is 268 g/mol. The van der Waals surface area contributed by atoms with Crippen molar-refractivity contribution in [1.82, 2.24) is 0 Å². The van der Waals surface area contributed by atoms with Crippen LogP contribution in [0.5, 0.6) is 0 Å². The van der Waals surface area contributed by atoms with Crippen molar-refractivity contribution in [2.24, 2.45) is 0 Å². The van der Waals surface area contributed by atoms with Crippen LogP contribution in [0.3, 0.4) is 0 Å². The Kier molecular flexibility index (Phi) is 3.22. The molecule has 2 heterocycles. The summed E-state index contributed by atoms with van der Waals surface area (Å²) in [4.78, 5) is 0. The van der Waals surface area contributed by atoms with Gasteiger partial charge in [-0.2, -0.15) is 8.42 Å². The second kappa shape index (κ2) is 4.15. The Bertz CT molecular complexity index is 390. The van der Waals surface area contributed by atoms with Gasteiger partial charge in [0.2, 0.25) is 0 Å². The molecule has 100 valence electrons. The predicted molar refractivity (Wildman–Crippen MR) is 55.5 cm³/mol. The lowest BCUT2D eigenvalue weighted by Gasteiger charge is -2.22. The van der Waals surface area contributed by atoms with Gasteiger partial charge in [-0.3, -0.25) is 4.18 Å². The zero-order valence-corrected chi connectivity index (χ0v) is 10.6. The van der Waals surface area contributed by atoms with Crippen LogP contribution >= 0.6 is 0 Å². The van der Waals surface area contributed by atoms with Crippen molar-refractivity contribution in [3.8, 4) is 0 Å². The van der Waals surface area contributed by atoms with E-state index in [1.807, 2.05) is 0 Å². The van der Waals surface area contributed by atoms with Gasteiger partial charge in [-0.25, -0.2) is 0 Å². The Balaban J connectivity index is 1.94. The molecule has 0 bridgehead atoms. The minimum absolute atomic E-state index is 0.250. The van der Waals surface area contributed by atoms with Gasteiger partial charge in [0.1, 0.15) is 18.3 Å². The van der Waals surface area contributed by atoms with Gasteiger partial charge >= 0.3 is 0 Å². The second-order valence-electron chi connectivity index (χ2n) is 4.62. The molecule has 0 aromatic rings. The van der Waals surface area contributed by atoms with E-state index in [4.69, 9.17) is 14.2 Å². The summed E-state index contributed by atoms with van der Waals surface area (Å²) in [5.41, 5.74) is 0. The molecule has 1 N–H and O–H groups in total. The standard InChI is InChI=1S/C9H16O7S/c1-9(2)15-7-6(10)5(14-8(7)16-9)4-13-17(3,11)12/h5-8,10H,4H2,1-3H3/t5-,6+,7+,8+/m0/s1. The molecule has 0 aromatic heterocycles. The Morgan fingerprint density at radius 1 is 1.35 bits per heavy atom. The van der Waals surface area contributed by atoms with Gasteiger partial charge in [-0.05, 0) is 13.8 Å². The van der Waals surface area contributed by atoms with Crippen LogP contribution in [0.1, 0.15) is 13.8 Å². The zero-order valence-electron chi connectivity index (χ0n) is 9.82. The Hall–Kier alpha value is -0.250.